The molecule has 4 bridgehead atoms. The lowest BCUT2D eigenvalue weighted by atomic mass is 9.51. The molecule has 0 aromatic carbocycles. The van der Waals surface area contributed by atoms with Crippen molar-refractivity contribution in [3.05, 3.63) is 18.0 Å². The highest BCUT2D eigenvalue weighted by molar-refractivity contribution is 5.94. The summed E-state index contributed by atoms with van der Waals surface area (Å²) in [6.45, 7) is 1.62. The van der Waals surface area contributed by atoms with E-state index in [0.29, 0.717) is 29.4 Å². The lowest BCUT2D eigenvalue weighted by molar-refractivity contribution is -0.125. The van der Waals surface area contributed by atoms with E-state index in [2.05, 4.69) is 15.7 Å². The first-order chi connectivity index (χ1) is 12.5. The number of carbonyl (C=O) groups is 2. The van der Waals surface area contributed by atoms with Gasteiger partial charge in [-0.3, -0.25) is 14.3 Å². The first kappa shape index (κ1) is 16.3. The molecule has 5 saturated carbocycles. The number of hydrogen-bond acceptors (Lipinski definition) is 3. The van der Waals surface area contributed by atoms with Gasteiger partial charge < -0.3 is 10.6 Å². The normalized spacial score (nSPS) is 38.0. The molecule has 1 aromatic rings. The lowest BCUT2D eigenvalue weighted by Crippen LogP contribution is -2.66. The predicted octanol–water partition coefficient (Wildman–Crippen LogP) is 2.42. The van der Waals surface area contributed by atoms with Crippen molar-refractivity contribution in [2.24, 2.45) is 17.8 Å². The van der Waals surface area contributed by atoms with Crippen molar-refractivity contribution in [3.63, 3.8) is 0 Å². The number of aromatic nitrogens is 2. The Kier molecular flexibility index (Phi) is 3.66. The zero-order chi connectivity index (χ0) is 17.9. The first-order valence-electron chi connectivity index (χ1n) is 10.2. The molecular weight excluding hydrogens is 328 g/mol. The molecule has 6 heteroatoms. The topological polar surface area (TPSA) is 76.0 Å². The summed E-state index contributed by atoms with van der Waals surface area (Å²) in [6, 6.07) is 0.725. The van der Waals surface area contributed by atoms with Gasteiger partial charge in [-0.1, -0.05) is 0 Å². The molecule has 0 saturated heterocycles. The Bertz CT molecular complexity index is 722. The van der Waals surface area contributed by atoms with Crippen LogP contribution >= 0.6 is 0 Å². The van der Waals surface area contributed by atoms with Crippen LogP contribution in [0.3, 0.4) is 0 Å². The van der Waals surface area contributed by atoms with E-state index in [1.54, 1.807) is 13.1 Å². The van der Waals surface area contributed by atoms with Crippen LogP contribution in [0.25, 0.3) is 0 Å². The molecule has 2 amide bonds. The molecule has 0 spiro atoms. The number of nitrogens with zero attached hydrogens (tertiary/aromatic N) is 2. The van der Waals surface area contributed by atoms with E-state index in [4.69, 9.17) is 0 Å². The van der Waals surface area contributed by atoms with Crippen LogP contribution < -0.4 is 10.6 Å². The fourth-order valence-electron chi connectivity index (χ4n) is 6.33. The molecular formula is C20H28N4O2. The summed E-state index contributed by atoms with van der Waals surface area (Å²) in [6.07, 6.45) is 12.7. The summed E-state index contributed by atoms with van der Waals surface area (Å²) in [5.74, 6) is 1.77. The van der Waals surface area contributed by atoms with Gasteiger partial charge in [0, 0.05) is 24.7 Å². The Morgan fingerprint density at radius 3 is 2.54 bits per heavy atom. The molecule has 0 radical (unpaired) electrons. The van der Waals surface area contributed by atoms with Gasteiger partial charge in [0.25, 0.3) is 5.91 Å². The van der Waals surface area contributed by atoms with Crippen LogP contribution in [0.5, 0.6) is 0 Å². The van der Waals surface area contributed by atoms with Crippen LogP contribution in [0.2, 0.25) is 0 Å². The van der Waals surface area contributed by atoms with E-state index in [-0.39, 0.29) is 23.4 Å². The minimum atomic E-state index is -0.0152. The summed E-state index contributed by atoms with van der Waals surface area (Å²) in [5.41, 5.74) is 0.667. The van der Waals surface area contributed by atoms with Crippen molar-refractivity contribution in [2.75, 3.05) is 0 Å². The van der Waals surface area contributed by atoms with Crippen molar-refractivity contribution >= 4 is 11.8 Å². The van der Waals surface area contributed by atoms with Gasteiger partial charge in [0.15, 0.2) is 0 Å². The highest BCUT2D eigenvalue weighted by atomic mass is 16.2. The largest absolute Gasteiger partial charge is 0.351 e. The van der Waals surface area contributed by atoms with Crippen molar-refractivity contribution in [1.82, 2.24) is 20.4 Å². The Balaban J connectivity index is 1.29. The molecule has 6 nitrogen and oxygen atoms in total. The van der Waals surface area contributed by atoms with Gasteiger partial charge in [-0.25, -0.2) is 0 Å². The first-order valence-corrected chi connectivity index (χ1v) is 10.2. The van der Waals surface area contributed by atoms with Gasteiger partial charge >= 0.3 is 0 Å². The van der Waals surface area contributed by atoms with Gasteiger partial charge in [0.2, 0.25) is 5.91 Å². The zero-order valence-electron chi connectivity index (χ0n) is 15.4. The molecule has 2 atom stereocenters. The second-order valence-electron chi connectivity index (χ2n) is 9.22. The molecule has 2 unspecified atom stereocenters. The third-order valence-electron chi connectivity index (χ3n) is 7.32. The van der Waals surface area contributed by atoms with Crippen LogP contribution in [0.4, 0.5) is 0 Å². The van der Waals surface area contributed by atoms with E-state index in [1.165, 1.54) is 32.1 Å². The minimum Gasteiger partial charge on any atom is -0.351 e. The molecule has 1 heterocycles. The van der Waals surface area contributed by atoms with E-state index in [9.17, 15) is 9.59 Å². The number of carbonyl (C=O) groups excluding carboxylic acids is 2. The number of nitrogens with one attached hydrogen (secondary N) is 2. The van der Waals surface area contributed by atoms with Crippen LogP contribution in [0.1, 0.15) is 74.7 Å². The average molecular weight is 356 g/mol. The van der Waals surface area contributed by atoms with Gasteiger partial charge in [0.05, 0.1) is 17.8 Å². The SMILES string of the molecule is CC(=O)NC12CC3CC(C1)C(NC(=O)c1cnn(C4CCC4)c1)C(C3)C2. The fourth-order valence-corrected chi connectivity index (χ4v) is 6.33. The van der Waals surface area contributed by atoms with Crippen molar-refractivity contribution in [1.29, 1.82) is 0 Å². The third kappa shape index (κ3) is 2.65. The summed E-state index contributed by atoms with van der Waals surface area (Å²) >= 11 is 0. The Morgan fingerprint density at radius 1 is 1.19 bits per heavy atom. The number of hydrogen-bond donors (Lipinski definition) is 2. The standard InChI is InChI=1S/C20H28N4O2/c1-12(25)23-20-7-13-5-14(8-20)18(15(6-13)9-20)22-19(26)16-10-21-24(11-16)17-3-2-4-17/h10-11,13-15,17-18H,2-9H2,1H3,(H,22,26)(H,23,25). The molecule has 5 aliphatic rings. The Labute approximate surface area is 154 Å². The van der Waals surface area contributed by atoms with E-state index < -0.39 is 0 Å². The second-order valence-corrected chi connectivity index (χ2v) is 9.22. The van der Waals surface area contributed by atoms with Crippen LogP contribution in [-0.2, 0) is 4.79 Å². The maximum atomic E-state index is 12.8. The van der Waals surface area contributed by atoms with Gasteiger partial charge in [-0.15, -0.1) is 0 Å². The second kappa shape index (κ2) is 5.83. The molecule has 0 aliphatic heterocycles. The fraction of sp³-hybridized carbons (Fsp3) is 0.750. The van der Waals surface area contributed by atoms with E-state index in [0.717, 1.165) is 19.3 Å². The molecule has 5 aliphatic carbocycles. The predicted molar refractivity (Wildman–Crippen MR) is 96.5 cm³/mol. The molecule has 5 fully saturated rings. The summed E-state index contributed by atoms with van der Waals surface area (Å²) in [7, 11) is 0. The molecule has 26 heavy (non-hydrogen) atoms. The molecule has 6 rings (SSSR count). The van der Waals surface area contributed by atoms with E-state index >= 15 is 0 Å². The molecule has 140 valence electrons. The minimum absolute atomic E-state index is 0.0152. The summed E-state index contributed by atoms with van der Waals surface area (Å²) in [5, 5.41) is 11.0. The number of amides is 2. The lowest BCUT2D eigenvalue weighted by Gasteiger charge is -2.60. The van der Waals surface area contributed by atoms with Gasteiger partial charge in [0.1, 0.15) is 0 Å². The summed E-state index contributed by atoms with van der Waals surface area (Å²) in [4.78, 5) is 24.5. The third-order valence-corrected chi connectivity index (χ3v) is 7.32. The zero-order valence-corrected chi connectivity index (χ0v) is 15.4. The maximum absolute atomic E-state index is 12.8. The Hall–Kier alpha value is -1.85. The number of rotatable bonds is 4. The van der Waals surface area contributed by atoms with Crippen molar-refractivity contribution in [2.45, 2.75) is 75.9 Å². The summed E-state index contributed by atoms with van der Waals surface area (Å²) < 4.78 is 1.96. The Morgan fingerprint density at radius 2 is 1.92 bits per heavy atom. The molecule has 1 aromatic heterocycles. The average Bonchev–Trinajstić information content (AvgIpc) is 2.96. The van der Waals surface area contributed by atoms with Crippen molar-refractivity contribution < 1.29 is 9.59 Å². The highest BCUT2D eigenvalue weighted by Gasteiger charge is 2.56. The van der Waals surface area contributed by atoms with E-state index in [1.807, 2.05) is 10.9 Å². The van der Waals surface area contributed by atoms with Gasteiger partial charge in [-0.05, 0) is 69.1 Å². The highest BCUT2D eigenvalue weighted by Crippen LogP contribution is 2.55. The maximum Gasteiger partial charge on any atom is 0.254 e. The van der Waals surface area contributed by atoms with Crippen LogP contribution in [0.15, 0.2) is 12.4 Å². The smallest absolute Gasteiger partial charge is 0.254 e. The van der Waals surface area contributed by atoms with Crippen LogP contribution in [-0.4, -0.2) is 33.2 Å². The molecule has 2 N–H and O–H groups in total. The van der Waals surface area contributed by atoms with Crippen LogP contribution in [0, 0.1) is 17.8 Å². The monoisotopic (exact) mass is 356 g/mol. The van der Waals surface area contributed by atoms with Gasteiger partial charge in [-0.2, -0.15) is 5.10 Å². The van der Waals surface area contributed by atoms with Crippen molar-refractivity contribution in [3.8, 4) is 0 Å². The quantitative estimate of drug-likeness (QED) is 0.870.